The van der Waals surface area contributed by atoms with Gasteiger partial charge >= 0.3 is 0 Å². The number of carbonyl (C=O) groups is 1. The fraction of sp³-hybridized carbons (Fsp3) is 0.235. The van der Waals surface area contributed by atoms with Crippen LogP contribution in [0.1, 0.15) is 18.4 Å². The van der Waals surface area contributed by atoms with Gasteiger partial charge in [0, 0.05) is 18.0 Å². The molecule has 0 aliphatic heterocycles. The zero-order chi connectivity index (χ0) is 15.2. The Labute approximate surface area is 128 Å². The molecule has 2 nitrogen and oxygen atoms in total. The number of benzene rings is 2. The maximum atomic E-state index is 14.3. The molecule has 0 saturated carbocycles. The van der Waals surface area contributed by atoms with E-state index in [1.54, 1.807) is 19.1 Å². The lowest BCUT2D eigenvalue weighted by molar-refractivity contribution is -0.122. The average Bonchev–Trinajstić information content (AvgIpc) is 2.52. The van der Waals surface area contributed by atoms with Crippen LogP contribution in [0, 0.1) is 5.82 Å². The molecule has 2 aromatic carbocycles. The van der Waals surface area contributed by atoms with Crippen LogP contribution in [0.2, 0.25) is 0 Å². The molecular weight excluding hydrogens is 289 g/mol. The van der Waals surface area contributed by atoms with Crippen LogP contribution in [0.25, 0.3) is 11.1 Å². The molecule has 110 valence electrons. The minimum absolute atomic E-state index is 0.150. The van der Waals surface area contributed by atoms with Gasteiger partial charge in [-0.05, 0) is 24.1 Å². The molecule has 1 N–H and O–H groups in total. The van der Waals surface area contributed by atoms with Crippen molar-refractivity contribution in [2.45, 2.75) is 12.8 Å². The lowest BCUT2D eigenvalue weighted by Gasteiger charge is -2.13. The molecule has 1 atom stereocenters. The first-order valence-electron chi connectivity index (χ1n) is 6.82. The van der Waals surface area contributed by atoms with Crippen molar-refractivity contribution in [3.05, 3.63) is 59.9 Å². The van der Waals surface area contributed by atoms with Crippen LogP contribution in [-0.2, 0) is 4.79 Å². The third kappa shape index (κ3) is 3.82. The Morgan fingerprint density at radius 2 is 1.95 bits per heavy atom. The van der Waals surface area contributed by atoms with Gasteiger partial charge in [0.1, 0.15) is 5.82 Å². The van der Waals surface area contributed by atoms with Crippen LogP contribution in [0.3, 0.4) is 0 Å². The van der Waals surface area contributed by atoms with Crippen molar-refractivity contribution < 1.29 is 9.18 Å². The van der Waals surface area contributed by atoms with Crippen LogP contribution >= 0.6 is 11.6 Å². The maximum Gasteiger partial charge on any atom is 0.227 e. The van der Waals surface area contributed by atoms with E-state index in [1.165, 1.54) is 6.07 Å². The van der Waals surface area contributed by atoms with E-state index in [0.717, 1.165) is 5.56 Å². The summed E-state index contributed by atoms with van der Waals surface area (Å²) in [4.78, 5) is 11.9. The molecule has 0 radical (unpaired) electrons. The second-order valence-electron chi connectivity index (χ2n) is 4.81. The van der Waals surface area contributed by atoms with Crippen molar-refractivity contribution in [2.75, 3.05) is 12.4 Å². The van der Waals surface area contributed by atoms with Gasteiger partial charge in [0.25, 0.3) is 0 Å². The first-order chi connectivity index (χ1) is 10.1. The van der Waals surface area contributed by atoms with Gasteiger partial charge in [0.2, 0.25) is 5.91 Å². The Hall–Kier alpha value is -1.87. The number of halogens is 2. The van der Waals surface area contributed by atoms with E-state index < -0.39 is 5.92 Å². The second kappa shape index (κ2) is 7.23. The Morgan fingerprint density at radius 1 is 1.24 bits per heavy atom. The number of nitrogens with one attached hydrogen (secondary N) is 1. The third-order valence-corrected chi connectivity index (χ3v) is 3.55. The van der Waals surface area contributed by atoms with E-state index in [1.807, 2.05) is 30.3 Å². The SMILES string of the molecule is C[C@@H](C(=O)NCCCl)c1ccc(-c2ccccc2)c(F)c1. The van der Waals surface area contributed by atoms with Crippen molar-refractivity contribution in [2.24, 2.45) is 0 Å². The van der Waals surface area contributed by atoms with Gasteiger partial charge in [0.05, 0.1) is 5.92 Å². The molecule has 21 heavy (non-hydrogen) atoms. The van der Waals surface area contributed by atoms with E-state index in [9.17, 15) is 9.18 Å². The molecule has 0 saturated heterocycles. The van der Waals surface area contributed by atoms with Crippen molar-refractivity contribution >= 4 is 17.5 Å². The quantitative estimate of drug-likeness (QED) is 0.833. The van der Waals surface area contributed by atoms with Gasteiger partial charge in [-0.15, -0.1) is 11.6 Å². The van der Waals surface area contributed by atoms with Crippen molar-refractivity contribution in [3.8, 4) is 11.1 Å². The summed E-state index contributed by atoms with van der Waals surface area (Å²) in [5.41, 5.74) is 2.01. The molecule has 0 aromatic heterocycles. The Morgan fingerprint density at radius 3 is 2.57 bits per heavy atom. The van der Waals surface area contributed by atoms with E-state index in [2.05, 4.69) is 5.32 Å². The zero-order valence-electron chi connectivity index (χ0n) is 11.8. The van der Waals surface area contributed by atoms with Crippen LogP contribution in [0.4, 0.5) is 4.39 Å². The largest absolute Gasteiger partial charge is 0.354 e. The van der Waals surface area contributed by atoms with Gasteiger partial charge in [-0.25, -0.2) is 4.39 Å². The molecule has 0 aliphatic rings. The second-order valence-corrected chi connectivity index (χ2v) is 5.18. The van der Waals surface area contributed by atoms with Gasteiger partial charge in [0.15, 0.2) is 0 Å². The lowest BCUT2D eigenvalue weighted by atomic mass is 9.96. The molecule has 2 rings (SSSR count). The summed E-state index contributed by atoms with van der Waals surface area (Å²) in [5.74, 6) is -0.523. The maximum absolute atomic E-state index is 14.3. The Bertz CT molecular complexity index is 615. The minimum Gasteiger partial charge on any atom is -0.354 e. The highest BCUT2D eigenvalue weighted by Crippen LogP contribution is 2.26. The molecule has 0 aliphatic carbocycles. The molecule has 0 bridgehead atoms. The molecule has 4 heteroatoms. The average molecular weight is 306 g/mol. The fourth-order valence-electron chi connectivity index (χ4n) is 2.13. The Balaban J connectivity index is 2.21. The molecule has 1 amide bonds. The van der Waals surface area contributed by atoms with Crippen LogP contribution in [-0.4, -0.2) is 18.3 Å². The van der Waals surface area contributed by atoms with E-state index in [-0.39, 0.29) is 11.7 Å². The molecule has 0 unspecified atom stereocenters. The fourth-order valence-corrected chi connectivity index (χ4v) is 2.22. The summed E-state index contributed by atoms with van der Waals surface area (Å²) < 4.78 is 14.3. The topological polar surface area (TPSA) is 29.1 Å². The van der Waals surface area contributed by atoms with Crippen molar-refractivity contribution in [3.63, 3.8) is 0 Å². The smallest absolute Gasteiger partial charge is 0.227 e. The summed E-state index contributed by atoms with van der Waals surface area (Å²) in [5, 5.41) is 2.70. The number of rotatable bonds is 5. The van der Waals surface area contributed by atoms with E-state index >= 15 is 0 Å². The minimum atomic E-state index is -0.410. The van der Waals surface area contributed by atoms with Crippen molar-refractivity contribution in [1.82, 2.24) is 5.32 Å². The van der Waals surface area contributed by atoms with Crippen molar-refractivity contribution in [1.29, 1.82) is 0 Å². The van der Waals surface area contributed by atoms with Gasteiger partial charge in [-0.1, -0.05) is 42.5 Å². The summed E-state index contributed by atoms with van der Waals surface area (Å²) >= 11 is 5.54. The highest BCUT2D eigenvalue weighted by Gasteiger charge is 2.16. The van der Waals surface area contributed by atoms with E-state index in [0.29, 0.717) is 23.6 Å². The third-order valence-electron chi connectivity index (χ3n) is 3.36. The number of alkyl halides is 1. The molecule has 2 aromatic rings. The number of carbonyl (C=O) groups excluding carboxylic acids is 1. The van der Waals surface area contributed by atoms with E-state index in [4.69, 9.17) is 11.6 Å². The van der Waals surface area contributed by atoms with Crippen LogP contribution in [0.5, 0.6) is 0 Å². The highest BCUT2D eigenvalue weighted by atomic mass is 35.5. The zero-order valence-corrected chi connectivity index (χ0v) is 12.5. The van der Waals surface area contributed by atoms with Crippen LogP contribution < -0.4 is 5.32 Å². The molecule has 0 spiro atoms. The summed E-state index contributed by atoms with van der Waals surface area (Å²) in [6.45, 7) is 2.16. The summed E-state index contributed by atoms with van der Waals surface area (Å²) in [6, 6.07) is 14.3. The number of hydrogen-bond acceptors (Lipinski definition) is 1. The standard InChI is InChI=1S/C17H17ClFNO/c1-12(17(21)20-10-9-18)14-7-8-15(16(19)11-14)13-5-3-2-4-6-13/h2-8,11-12H,9-10H2,1H3,(H,20,21)/t12-/m1/s1. The first-order valence-corrected chi connectivity index (χ1v) is 7.35. The monoisotopic (exact) mass is 305 g/mol. The number of amides is 1. The molecule has 0 fully saturated rings. The van der Waals surface area contributed by atoms with Gasteiger partial charge in [-0.3, -0.25) is 4.79 Å². The van der Waals surface area contributed by atoms with Crippen LogP contribution in [0.15, 0.2) is 48.5 Å². The molecule has 0 heterocycles. The van der Waals surface area contributed by atoms with Gasteiger partial charge in [-0.2, -0.15) is 0 Å². The molecular formula is C17H17ClFNO. The number of hydrogen-bond donors (Lipinski definition) is 1. The first kappa shape index (κ1) is 15.5. The predicted octanol–water partition coefficient (Wildman–Crippen LogP) is 3.95. The highest BCUT2D eigenvalue weighted by molar-refractivity contribution is 6.18. The normalized spacial score (nSPS) is 12.0. The van der Waals surface area contributed by atoms with Gasteiger partial charge < -0.3 is 5.32 Å². The summed E-state index contributed by atoms with van der Waals surface area (Å²) in [7, 11) is 0. The summed E-state index contributed by atoms with van der Waals surface area (Å²) in [6.07, 6.45) is 0. The Kier molecular flexibility index (Phi) is 5.34. The predicted molar refractivity (Wildman–Crippen MR) is 84.0 cm³/mol. The lowest BCUT2D eigenvalue weighted by Crippen LogP contribution is -2.29.